The van der Waals surface area contributed by atoms with Gasteiger partial charge in [0.05, 0.1) is 0 Å². The van der Waals surface area contributed by atoms with Gasteiger partial charge in [-0.1, -0.05) is 205 Å². The van der Waals surface area contributed by atoms with Gasteiger partial charge in [-0.3, -0.25) is 14.4 Å². The Morgan fingerprint density at radius 2 is 0.557 bits per heavy atom. The molecule has 0 N–H and O–H groups in total. The Bertz CT molecular complexity index is 1030. The molecule has 0 aliphatic heterocycles. The number of allylic oxidation sites excluding steroid dienone is 6. The lowest BCUT2D eigenvalue weighted by atomic mass is 10.1. The maximum Gasteiger partial charge on any atom is 0.306 e. The molecule has 6 nitrogen and oxygen atoms in total. The van der Waals surface area contributed by atoms with Crippen molar-refractivity contribution < 1.29 is 28.6 Å². The molecule has 0 bridgehead atoms. The van der Waals surface area contributed by atoms with Crippen LogP contribution >= 0.6 is 0 Å². The van der Waals surface area contributed by atoms with Crippen LogP contribution in [0.5, 0.6) is 0 Å². The van der Waals surface area contributed by atoms with E-state index in [1.165, 1.54) is 154 Å². The van der Waals surface area contributed by atoms with Crippen molar-refractivity contribution in [3.63, 3.8) is 0 Å². The quantitative estimate of drug-likeness (QED) is 0.0262. The third-order valence-corrected chi connectivity index (χ3v) is 11.6. The summed E-state index contributed by atoms with van der Waals surface area (Å²) in [6.07, 6.45) is 58.5. The Balaban J connectivity index is 4.35. The lowest BCUT2D eigenvalue weighted by Crippen LogP contribution is -2.30. The highest BCUT2D eigenvalue weighted by molar-refractivity contribution is 5.71. The smallest absolute Gasteiger partial charge is 0.306 e. The van der Waals surface area contributed by atoms with Crippen LogP contribution in [0.15, 0.2) is 36.5 Å². The summed E-state index contributed by atoms with van der Waals surface area (Å²) in [7, 11) is 0. The largest absolute Gasteiger partial charge is 0.462 e. The van der Waals surface area contributed by atoms with Gasteiger partial charge in [0.1, 0.15) is 13.2 Å². The highest BCUT2D eigenvalue weighted by Crippen LogP contribution is 2.15. The number of hydrogen-bond donors (Lipinski definition) is 0. The molecule has 0 rings (SSSR count). The van der Waals surface area contributed by atoms with Crippen LogP contribution in [0.1, 0.15) is 278 Å². The van der Waals surface area contributed by atoms with Crippen LogP contribution in [0.3, 0.4) is 0 Å². The van der Waals surface area contributed by atoms with Crippen molar-refractivity contribution in [3.05, 3.63) is 36.5 Å². The van der Waals surface area contributed by atoms with Crippen molar-refractivity contribution in [2.45, 2.75) is 284 Å². The van der Waals surface area contributed by atoms with Crippen molar-refractivity contribution in [2.24, 2.45) is 0 Å². The molecule has 0 aliphatic rings. The summed E-state index contributed by atoms with van der Waals surface area (Å²) in [4.78, 5) is 37.9. The first-order valence-electron chi connectivity index (χ1n) is 26.5. The highest BCUT2D eigenvalue weighted by Gasteiger charge is 2.19. The highest BCUT2D eigenvalue weighted by atomic mass is 16.6. The summed E-state index contributed by atoms with van der Waals surface area (Å²) in [5.74, 6) is -0.908. The minimum absolute atomic E-state index is 0.0837. The first-order valence-corrected chi connectivity index (χ1v) is 26.5. The molecule has 61 heavy (non-hydrogen) atoms. The number of carbonyl (C=O) groups excluding carboxylic acids is 3. The average Bonchev–Trinajstić information content (AvgIpc) is 3.26. The lowest BCUT2D eigenvalue weighted by Gasteiger charge is -2.18. The van der Waals surface area contributed by atoms with E-state index in [1.54, 1.807) is 0 Å². The van der Waals surface area contributed by atoms with Gasteiger partial charge in [0, 0.05) is 19.3 Å². The molecule has 0 aromatic carbocycles. The van der Waals surface area contributed by atoms with Crippen molar-refractivity contribution in [3.8, 4) is 0 Å². The second kappa shape index (κ2) is 50.3. The van der Waals surface area contributed by atoms with E-state index < -0.39 is 6.10 Å². The minimum Gasteiger partial charge on any atom is -0.462 e. The first-order chi connectivity index (χ1) is 30.0. The number of carbonyl (C=O) groups is 3. The van der Waals surface area contributed by atoms with Gasteiger partial charge in [-0.05, 0) is 89.9 Å². The molecule has 0 amide bonds. The third-order valence-electron chi connectivity index (χ3n) is 11.6. The zero-order valence-electron chi connectivity index (χ0n) is 40.7. The summed E-state index contributed by atoms with van der Waals surface area (Å²) in [6.45, 7) is 6.59. The molecular weight excluding hydrogens is 757 g/mol. The third kappa shape index (κ3) is 48.5. The van der Waals surface area contributed by atoms with Gasteiger partial charge in [-0.2, -0.15) is 0 Å². The van der Waals surface area contributed by atoms with Gasteiger partial charge in [0.15, 0.2) is 6.10 Å². The van der Waals surface area contributed by atoms with E-state index in [0.29, 0.717) is 19.3 Å². The molecule has 0 heterocycles. The van der Waals surface area contributed by atoms with Crippen LogP contribution in [0.4, 0.5) is 0 Å². The Labute approximate surface area is 378 Å². The van der Waals surface area contributed by atoms with E-state index in [1.807, 2.05) is 0 Å². The Morgan fingerprint density at radius 3 is 0.885 bits per heavy atom. The molecule has 0 aromatic rings. The van der Waals surface area contributed by atoms with E-state index in [2.05, 4.69) is 57.2 Å². The van der Waals surface area contributed by atoms with Gasteiger partial charge in [0.25, 0.3) is 0 Å². The minimum atomic E-state index is -0.784. The van der Waals surface area contributed by atoms with E-state index in [4.69, 9.17) is 14.2 Å². The Morgan fingerprint density at radius 1 is 0.311 bits per heavy atom. The molecule has 1 unspecified atom stereocenters. The van der Waals surface area contributed by atoms with Gasteiger partial charge in [-0.25, -0.2) is 0 Å². The van der Waals surface area contributed by atoms with Crippen molar-refractivity contribution in [1.82, 2.24) is 0 Å². The molecule has 0 saturated heterocycles. The fraction of sp³-hybridized carbons (Fsp3) is 0.836. The molecular formula is C55H100O6. The fourth-order valence-corrected chi connectivity index (χ4v) is 7.53. The van der Waals surface area contributed by atoms with Crippen molar-refractivity contribution in [2.75, 3.05) is 13.2 Å². The van der Waals surface area contributed by atoms with Crippen LogP contribution in [0, 0.1) is 0 Å². The number of rotatable bonds is 48. The fourth-order valence-electron chi connectivity index (χ4n) is 7.53. The zero-order valence-corrected chi connectivity index (χ0v) is 40.7. The molecule has 0 aromatic heterocycles. The molecule has 0 fully saturated rings. The summed E-state index contributed by atoms with van der Waals surface area (Å²) < 4.78 is 16.8. The van der Waals surface area contributed by atoms with Crippen LogP contribution in [-0.2, 0) is 28.6 Å². The van der Waals surface area contributed by atoms with Crippen LogP contribution < -0.4 is 0 Å². The molecule has 356 valence electrons. The number of unbranched alkanes of at least 4 members (excludes halogenated alkanes) is 31. The summed E-state index contributed by atoms with van der Waals surface area (Å²) in [5.41, 5.74) is 0. The van der Waals surface area contributed by atoms with Crippen LogP contribution in [0.2, 0.25) is 0 Å². The maximum absolute atomic E-state index is 12.8. The summed E-state index contributed by atoms with van der Waals surface area (Å²) in [6, 6.07) is 0. The van der Waals surface area contributed by atoms with E-state index in [0.717, 1.165) is 83.5 Å². The van der Waals surface area contributed by atoms with Gasteiger partial charge < -0.3 is 14.2 Å². The lowest BCUT2D eigenvalue weighted by molar-refractivity contribution is -0.167. The van der Waals surface area contributed by atoms with Crippen molar-refractivity contribution in [1.29, 1.82) is 0 Å². The SMILES string of the molecule is CCCC/C=C\CCCCCCCC(=O)OCC(COC(=O)CCCCCCC/C=C\CCCCCCCCCCC)OC(=O)CCCCC/C=C\CCCCCCCCC. The van der Waals surface area contributed by atoms with E-state index in [-0.39, 0.29) is 31.1 Å². The van der Waals surface area contributed by atoms with Gasteiger partial charge in [0.2, 0.25) is 0 Å². The van der Waals surface area contributed by atoms with Crippen LogP contribution in [-0.4, -0.2) is 37.2 Å². The predicted octanol–water partition coefficient (Wildman–Crippen LogP) is 17.3. The molecule has 1 atom stereocenters. The number of esters is 3. The molecule has 6 heteroatoms. The zero-order chi connectivity index (χ0) is 44.4. The predicted molar refractivity (Wildman–Crippen MR) is 261 cm³/mol. The van der Waals surface area contributed by atoms with Crippen LogP contribution in [0.25, 0.3) is 0 Å². The first kappa shape index (κ1) is 58.6. The number of hydrogen-bond acceptors (Lipinski definition) is 6. The van der Waals surface area contributed by atoms with Gasteiger partial charge in [-0.15, -0.1) is 0 Å². The monoisotopic (exact) mass is 857 g/mol. The van der Waals surface area contributed by atoms with E-state index >= 15 is 0 Å². The molecule has 0 aliphatic carbocycles. The van der Waals surface area contributed by atoms with Gasteiger partial charge >= 0.3 is 17.9 Å². The van der Waals surface area contributed by atoms with Crippen molar-refractivity contribution >= 4 is 17.9 Å². The molecule has 0 spiro atoms. The normalized spacial score (nSPS) is 12.2. The second-order valence-electron chi connectivity index (χ2n) is 17.8. The Kier molecular flexibility index (Phi) is 48.3. The standard InChI is InChI=1S/C55H100O6/c1-4-7-10-13-16-19-22-24-26-27-28-29-31-33-36-39-42-45-48-54(57)60-51-52(50-59-53(56)47-44-41-38-35-32-21-18-15-12-9-6-3)61-55(58)49-46-43-40-37-34-30-25-23-20-17-14-11-8-5-2/h15,18,28-30,34,52H,4-14,16-17,19-27,31-33,35-51H2,1-3H3/b18-15-,29-28-,34-30-. The number of ether oxygens (including phenoxy) is 3. The summed E-state index contributed by atoms with van der Waals surface area (Å²) >= 11 is 0. The molecule has 0 saturated carbocycles. The van der Waals surface area contributed by atoms with E-state index in [9.17, 15) is 14.4 Å². The maximum atomic E-state index is 12.8. The topological polar surface area (TPSA) is 78.9 Å². The summed E-state index contributed by atoms with van der Waals surface area (Å²) in [5, 5.41) is 0. The average molecular weight is 857 g/mol. The Hall–Kier alpha value is -2.37. The second-order valence-corrected chi connectivity index (χ2v) is 17.8. The molecule has 0 radical (unpaired) electrons.